The Kier molecular flexibility index (Phi) is 8.58. The van der Waals surface area contributed by atoms with Crippen LogP contribution in [0.4, 0.5) is 5.69 Å². The number of amides is 1. The SMILES string of the molecule is CCN(CC)S(=O)(=O)c1ccc([C@@H](C)[NH2+]CC(=O)Nc2ccccc2C(C)C)cc1. The number of nitrogens with one attached hydrogen (secondary N) is 1. The van der Waals surface area contributed by atoms with Gasteiger partial charge in [0.2, 0.25) is 10.0 Å². The maximum Gasteiger partial charge on any atom is 0.279 e. The molecule has 0 heterocycles. The summed E-state index contributed by atoms with van der Waals surface area (Å²) in [5, 5.41) is 4.94. The molecule has 0 saturated carbocycles. The lowest BCUT2D eigenvalue weighted by Crippen LogP contribution is -2.86. The molecule has 2 aromatic carbocycles. The van der Waals surface area contributed by atoms with Gasteiger partial charge in [-0.05, 0) is 36.6 Å². The zero-order chi connectivity index (χ0) is 22.3. The van der Waals surface area contributed by atoms with Crippen molar-refractivity contribution in [3.8, 4) is 0 Å². The highest BCUT2D eigenvalue weighted by molar-refractivity contribution is 7.89. The number of hydrogen-bond acceptors (Lipinski definition) is 3. The predicted octanol–water partition coefficient (Wildman–Crippen LogP) is 3.10. The number of carbonyl (C=O) groups excluding carboxylic acids is 1. The molecule has 2 aromatic rings. The van der Waals surface area contributed by atoms with Crippen LogP contribution in [0.2, 0.25) is 0 Å². The van der Waals surface area contributed by atoms with Crippen molar-refractivity contribution in [2.75, 3.05) is 25.0 Å². The van der Waals surface area contributed by atoms with Crippen LogP contribution in [0.25, 0.3) is 0 Å². The molecular weight excluding hydrogens is 398 g/mol. The quantitative estimate of drug-likeness (QED) is 0.605. The lowest BCUT2D eigenvalue weighted by molar-refractivity contribution is -0.682. The van der Waals surface area contributed by atoms with Crippen molar-refractivity contribution >= 4 is 21.6 Å². The van der Waals surface area contributed by atoms with Gasteiger partial charge in [0.15, 0.2) is 6.54 Å². The van der Waals surface area contributed by atoms with E-state index >= 15 is 0 Å². The fraction of sp³-hybridized carbons (Fsp3) is 0.435. The van der Waals surface area contributed by atoms with Gasteiger partial charge in [0, 0.05) is 24.3 Å². The molecule has 7 heteroatoms. The molecule has 0 aromatic heterocycles. The molecule has 0 fully saturated rings. The van der Waals surface area contributed by atoms with Crippen LogP contribution in [-0.4, -0.2) is 38.3 Å². The molecule has 164 valence electrons. The average molecular weight is 433 g/mol. The Bertz CT molecular complexity index is 936. The summed E-state index contributed by atoms with van der Waals surface area (Å²) in [7, 11) is -3.46. The first-order chi connectivity index (χ1) is 14.2. The lowest BCUT2D eigenvalue weighted by atomic mass is 10.0. The minimum atomic E-state index is -3.46. The summed E-state index contributed by atoms with van der Waals surface area (Å²) < 4.78 is 26.7. The Labute approximate surface area is 180 Å². The molecule has 6 nitrogen and oxygen atoms in total. The van der Waals surface area contributed by atoms with Crippen LogP contribution in [0.15, 0.2) is 53.4 Å². The second-order valence-corrected chi connectivity index (χ2v) is 9.61. The van der Waals surface area contributed by atoms with Crippen LogP contribution in [0.5, 0.6) is 0 Å². The maximum absolute atomic E-state index is 12.6. The van der Waals surface area contributed by atoms with Gasteiger partial charge in [-0.15, -0.1) is 0 Å². The van der Waals surface area contributed by atoms with E-state index in [2.05, 4.69) is 19.2 Å². The van der Waals surface area contributed by atoms with Crippen molar-refractivity contribution in [2.45, 2.75) is 51.5 Å². The van der Waals surface area contributed by atoms with Crippen LogP contribution < -0.4 is 10.6 Å². The molecule has 0 aliphatic rings. The number of sulfonamides is 1. The summed E-state index contributed by atoms with van der Waals surface area (Å²) in [5.74, 6) is 0.270. The summed E-state index contributed by atoms with van der Waals surface area (Å²) in [6.45, 7) is 11.0. The van der Waals surface area contributed by atoms with E-state index in [1.54, 1.807) is 12.1 Å². The van der Waals surface area contributed by atoms with Gasteiger partial charge in [-0.3, -0.25) is 4.79 Å². The van der Waals surface area contributed by atoms with Crippen LogP contribution in [0.3, 0.4) is 0 Å². The highest BCUT2D eigenvalue weighted by Crippen LogP contribution is 2.23. The standard InChI is InChI=1S/C23H33N3O3S/c1-6-26(7-2)30(28,29)20-14-12-19(13-15-20)18(5)24-16-23(27)25-22-11-9-8-10-21(22)17(3)4/h8-15,17-18,24H,6-7,16H2,1-5H3,(H,25,27)/p+1/t18-/m1/s1. The van der Waals surface area contributed by atoms with E-state index in [4.69, 9.17) is 0 Å². The number of quaternary nitrogens is 1. The highest BCUT2D eigenvalue weighted by atomic mass is 32.2. The molecule has 0 radical (unpaired) electrons. The second-order valence-electron chi connectivity index (χ2n) is 7.68. The Morgan fingerprint density at radius 2 is 1.60 bits per heavy atom. The fourth-order valence-electron chi connectivity index (χ4n) is 3.39. The van der Waals surface area contributed by atoms with Crippen molar-refractivity contribution in [1.82, 2.24) is 4.31 Å². The fourth-order valence-corrected chi connectivity index (χ4v) is 4.85. The van der Waals surface area contributed by atoms with E-state index in [-0.39, 0.29) is 18.5 Å². The Morgan fingerprint density at radius 1 is 1.00 bits per heavy atom. The third kappa shape index (κ3) is 5.90. The summed E-state index contributed by atoms with van der Waals surface area (Å²) in [5.41, 5.74) is 2.94. The second kappa shape index (κ2) is 10.7. The van der Waals surface area contributed by atoms with E-state index < -0.39 is 10.0 Å². The van der Waals surface area contributed by atoms with E-state index in [0.717, 1.165) is 16.8 Å². The van der Waals surface area contributed by atoms with Crippen LogP contribution >= 0.6 is 0 Å². The molecule has 30 heavy (non-hydrogen) atoms. The highest BCUT2D eigenvalue weighted by Gasteiger charge is 2.22. The molecule has 0 spiro atoms. The molecule has 3 N–H and O–H groups in total. The third-order valence-electron chi connectivity index (χ3n) is 5.26. The topological polar surface area (TPSA) is 83.1 Å². The molecular formula is C23H34N3O3S+. The monoisotopic (exact) mass is 432 g/mol. The number of rotatable bonds is 10. The summed E-state index contributed by atoms with van der Waals surface area (Å²) >= 11 is 0. The predicted molar refractivity (Wildman–Crippen MR) is 121 cm³/mol. The van der Waals surface area contributed by atoms with Crippen molar-refractivity contribution < 1.29 is 18.5 Å². The summed E-state index contributed by atoms with van der Waals surface area (Å²) in [6, 6.07) is 14.8. The molecule has 0 aliphatic heterocycles. The Morgan fingerprint density at radius 3 is 2.17 bits per heavy atom. The van der Waals surface area contributed by atoms with Crippen LogP contribution in [0, 0.1) is 0 Å². The van der Waals surface area contributed by atoms with E-state index in [9.17, 15) is 13.2 Å². The van der Waals surface area contributed by atoms with Crippen LogP contribution in [-0.2, 0) is 14.8 Å². The largest absolute Gasteiger partial charge is 0.333 e. The number of carbonyl (C=O) groups is 1. The first kappa shape index (κ1) is 24.1. The van der Waals surface area contributed by atoms with E-state index in [1.807, 2.05) is 62.5 Å². The zero-order valence-corrected chi connectivity index (χ0v) is 19.4. The Hall–Kier alpha value is -2.22. The molecule has 0 saturated heterocycles. The maximum atomic E-state index is 12.6. The third-order valence-corrected chi connectivity index (χ3v) is 7.33. The van der Waals surface area contributed by atoms with Crippen LogP contribution in [0.1, 0.15) is 57.7 Å². The number of nitrogens with zero attached hydrogens (tertiary/aromatic N) is 1. The molecule has 0 bridgehead atoms. The van der Waals surface area contributed by atoms with Crippen molar-refractivity contribution in [1.29, 1.82) is 0 Å². The first-order valence-corrected chi connectivity index (χ1v) is 12.0. The molecule has 1 amide bonds. The minimum absolute atomic E-state index is 0.0290. The number of para-hydroxylation sites is 1. The molecule has 0 unspecified atom stereocenters. The van der Waals surface area contributed by atoms with Gasteiger partial charge in [0.05, 0.1) is 4.90 Å². The number of benzene rings is 2. The number of nitrogens with two attached hydrogens (primary N) is 1. The molecule has 2 rings (SSSR count). The van der Waals surface area contributed by atoms with Gasteiger partial charge in [0.1, 0.15) is 6.04 Å². The summed E-state index contributed by atoms with van der Waals surface area (Å²) in [6.07, 6.45) is 0. The Balaban J connectivity index is 1.98. The van der Waals surface area contributed by atoms with Gasteiger partial charge >= 0.3 is 0 Å². The summed E-state index contributed by atoms with van der Waals surface area (Å²) in [4.78, 5) is 12.7. The zero-order valence-electron chi connectivity index (χ0n) is 18.6. The van der Waals surface area contributed by atoms with Gasteiger partial charge in [-0.25, -0.2) is 8.42 Å². The van der Waals surface area contributed by atoms with Crippen molar-refractivity contribution in [3.05, 3.63) is 59.7 Å². The average Bonchev–Trinajstić information content (AvgIpc) is 2.73. The lowest BCUT2D eigenvalue weighted by Gasteiger charge is -2.19. The molecule has 0 aliphatic carbocycles. The first-order valence-electron chi connectivity index (χ1n) is 10.5. The number of anilines is 1. The number of hydrogen-bond donors (Lipinski definition) is 2. The van der Waals surface area contributed by atoms with E-state index in [0.29, 0.717) is 23.9 Å². The van der Waals surface area contributed by atoms with Gasteiger partial charge < -0.3 is 10.6 Å². The van der Waals surface area contributed by atoms with E-state index in [1.165, 1.54) is 4.31 Å². The minimum Gasteiger partial charge on any atom is -0.333 e. The van der Waals surface area contributed by atoms with Crippen molar-refractivity contribution in [3.63, 3.8) is 0 Å². The van der Waals surface area contributed by atoms with Gasteiger partial charge in [-0.1, -0.05) is 58.0 Å². The van der Waals surface area contributed by atoms with Gasteiger partial charge in [0.25, 0.3) is 5.91 Å². The smallest absolute Gasteiger partial charge is 0.279 e. The van der Waals surface area contributed by atoms with Gasteiger partial charge in [-0.2, -0.15) is 4.31 Å². The normalized spacial score (nSPS) is 12.9. The van der Waals surface area contributed by atoms with Crippen molar-refractivity contribution in [2.24, 2.45) is 0 Å². The molecule has 1 atom stereocenters.